The van der Waals surface area contributed by atoms with E-state index < -0.39 is 0 Å². The van der Waals surface area contributed by atoms with Gasteiger partial charge in [-0.3, -0.25) is 14.5 Å². The summed E-state index contributed by atoms with van der Waals surface area (Å²) in [5, 5.41) is 11.7. The van der Waals surface area contributed by atoms with E-state index in [1.54, 1.807) is 40.6 Å². The van der Waals surface area contributed by atoms with Gasteiger partial charge in [0.05, 0.1) is 6.20 Å². The van der Waals surface area contributed by atoms with Crippen molar-refractivity contribution in [3.63, 3.8) is 0 Å². The van der Waals surface area contributed by atoms with Crippen LogP contribution in [0, 0.1) is 0 Å². The van der Waals surface area contributed by atoms with Crippen molar-refractivity contribution in [2.45, 2.75) is 18.9 Å². The zero-order valence-electron chi connectivity index (χ0n) is 15.7. The molecule has 2 N–H and O–H groups in total. The van der Waals surface area contributed by atoms with Crippen LogP contribution in [0.15, 0.2) is 35.5 Å². The number of hydrogen-bond acceptors (Lipinski definition) is 8. The van der Waals surface area contributed by atoms with Crippen molar-refractivity contribution in [1.29, 1.82) is 0 Å². The van der Waals surface area contributed by atoms with E-state index >= 15 is 0 Å². The smallest absolute Gasteiger partial charge is 0.257 e. The average molecular weight is 450 g/mol. The van der Waals surface area contributed by atoms with E-state index in [0.717, 1.165) is 51.9 Å². The molecule has 1 aliphatic heterocycles. The predicted octanol–water partition coefficient (Wildman–Crippen LogP) is 2.90. The zero-order chi connectivity index (χ0) is 19.1. The number of fused-ring (bicyclic) bond motifs is 1. The number of hydrogen-bond donors (Lipinski definition) is 2. The highest BCUT2D eigenvalue weighted by molar-refractivity contribution is 7.29. The van der Waals surface area contributed by atoms with Crippen LogP contribution in [0.25, 0.3) is 25.9 Å². The Kier molecular flexibility index (Phi) is 5.68. The Morgan fingerprint density at radius 1 is 1.17 bits per heavy atom. The maximum Gasteiger partial charge on any atom is 0.257 e. The highest BCUT2D eigenvalue weighted by atomic mass is 35.5. The van der Waals surface area contributed by atoms with E-state index in [0.29, 0.717) is 11.2 Å². The first kappa shape index (κ1) is 20.0. The second-order valence-electron chi connectivity index (χ2n) is 6.81. The van der Waals surface area contributed by atoms with Gasteiger partial charge < -0.3 is 10.2 Å². The monoisotopic (exact) mass is 449 g/mol. The Balaban J connectivity index is 0.00000205. The Hall–Kier alpha value is -2.27. The molecule has 0 amide bonds. The molecule has 11 heteroatoms. The SMILES string of the molecule is CN(c1nc2sc(-n3ccc(-c4cn[nH]c4)cc3=O)nc2s1)C1CCNCC1.Cl. The summed E-state index contributed by atoms with van der Waals surface area (Å²) in [5.41, 5.74) is 1.60. The molecule has 1 fully saturated rings. The van der Waals surface area contributed by atoms with Crippen molar-refractivity contribution in [2.24, 2.45) is 0 Å². The van der Waals surface area contributed by atoms with Gasteiger partial charge in [-0.25, -0.2) is 9.97 Å². The molecule has 0 spiro atoms. The van der Waals surface area contributed by atoms with Crippen LogP contribution >= 0.6 is 35.1 Å². The fourth-order valence-electron chi connectivity index (χ4n) is 3.45. The number of H-pyrrole nitrogens is 1. The Labute approximate surface area is 181 Å². The summed E-state index contributed by atoms with van der Waals surface area (Å²) in [4.78, 5) is 26.0. The third-order valence-electron chi connectivity index (χ3n) is 5.07. The third-order valence-corrected chi connectivity index (χ3v) is 7.19. The van der Waals surface area contributed by atoms with Crippen molar-refractivity contribution < 1.29 is 0 Å². The average Bonchev–Trinajstić information content (AvgIpc) is 3.44. The van der Waals surface area contributed by atoms with Crippen molar-refractivity contribution in [3.8, 4) is 16.3 Å². The second kappa shape index (κ2) is 8.23. The first-order valence-electron chi connectivity index (χ1n) is 9.12. The topological polar surface area (TPSA) is 91.7 Å². The van der Waals surface area contributed by atoms with Crippen LogP contribution in [-0.2, 0) is 0 Å². The Bertz CT molecular complexity index is 1130. The van der Waals surface area contributed by atoms with Crippen molar-refractivity contribution in [2.75, 3.05) is 25.0 Å². The molecule has 29 heavy (non-hydrogen) atoms. The minimum absolute atomic E-state index is 0. The first-order chi connectivity index (χ1) is 13.7. The molecule has 1 saturated heterocycles. The molecule has 8 nitrogen and oxygen atoms in total. The van der Waals surface area contributed by atoms with E-state index in [9.17, 15) is 4.79 Å². The first-order valence-corrected chi connectivity index (χ1v) is 10.8. The lowest BCUT2D eigenvalue weighted by molar-refractivity contribution is 0.443. The number of nitrogens with one attached hydrogen (secondary N) is 2. The van der Waals surface area contributed by atoms with E-state index in [4.69, 9.17) is 4.98 Å². The quantitative estimate of drug-likeness (QED) is 0.497. The summed E-state index contributed by atoms with van der Waals surface area (Å²) in [6.07, 6.45) is 7.47. The van der Waals surface area contributed by atoms with Gasteiger partial charge in [0, 0.05) is 37.1 Å². The molecule has 1 aliphatic rings. The normalized spacial score (nSPS) is 14.8. The standard InChI is InChI=1S/C18H19N7OS2.ClH/c1-24(13-2-5-19-6-3-13)17-22-15-16(27-17)23-18(28-15)25-7-4-11(8-14(25)26)12-9-20-21-10-12;/h4,7-10,13,19H,2-3,5-6H2,1H3,(H,20,21);1H. The molecule has 5 rings (SSSR count). The van der Waals surface area contributed by atoms with Gasteiger partial charge in [-0.05, 0) is 37.6 Å². The molecule has 0 radical (unpaired) electrons. The van der Waals surface area contributed by atoms with Crippen LogP contribution in [0.5, 0.6) is 0 Å². The molecule has 0 aromatic carbocycles. The fourth-order valence-corrected chi connectivity index (χ4v) is 5.51. The van der Waals surface area contributed by atoms with Crippen molar-refractivity contribution in [1.82, 2.24) is 30.0 Å². The Morgan fingerprint density at radius 3 is 2.66 bits per heavy atom. The molecule has 0 unspecified atom stereocenters. The lowest BCUT2D eigenvalue weighted by Crippen LogP contribution is -2.41. The number of pyridine rings is 1. The maximum atomic E-state index is 12.6. The lowest BCUT2D eigenvalue weighted by atomic mass is 10.1. The second-order valence-corrected chi connectivity index (χ2v) is 8.72. The number of halogens is 1. The summed E-state index contributed by atoms with van der Waals surface area (Å²) in [6.45, 7) is 2.10. The summed E-state index contributed by atoms with van der Waals surface area (Å²) < 4.78 is 1.57. The van der Waals surface area contributed by atoms with Crippen LogP contribution in [0.4, 0.5) is 5.13 Å². The van der Waals surface area contributed by atoms with Gasteiger partial charge >= 0.3 is 0 Å². The maximum absolute atomic E-state index is 12.6. The number of piperidine rings is 1. The molecule has 4 aromatic heterocycles. The van der Waals surface area contributed by atoms with Gasteiger partial charge in [-0.15, -0.1) is 12.4 Å². The van der Waals surface area contributed by atoms with Crippen LogP contribution in [-0.4, -0.2) is 50.9 Å². The number of rotatable bonds is 4. The molecular weight excluding hydrogens is 430 g/mol. The predicted molar refractivity (Wildman–Crippen MR) is 120 cm³/mol. The zero-order valence-corrected chi connectivity index (χ0v) is 18.1. The van der Waals surface area contributed by atoms with E-state index in [2.05, 4.69) is 32.4 Å². The van der Waals surface area contributed by atoms with Crippen LogP contribution in [0.1, 0.15) is 12.8 Å². The van der Waals surface area contributed by atoms with E-state index in [1.165, 1.54) is 11.3 Å². The van der Waals surface area contributed by atoms with Gasteiger partial charge in [-0.1, -0.05) is 22.7 Å². The van der Waals surface area contributed by atoms with Gasteiger partial charge in [0.2, 0.25) is 0 Å². The van der Waals surface area contributed by atoms with Crippen molar-refractivity contribution in [3.05, 3.63) is 41.1 Å². The summed E-state index contributed by atoms with van der Waals surface area (Å²) in [7, 11) is 2.11. The molecule has 4 aromatic rings. The lowest BCUT2D eigenvalue weighted by Gasteiger charge is -2.31. The summed E-state index contributed by atoms with van der Waals surface area (Å²) in [6, 6.07) is 4.01. The van der Waals surface area contributed by atoms with E-state index in [1.807, 2.05) is 6.07 Å². The summed E-state index contributed by atoms with van der Waals surface area (Å²) >= 11 is 3.03. The van der Waals surface area contributed by atoms with E-state index in [-0.39, 0.29) is 18.0 Å². The van der Waals surface area contributed by atoms with Crippen molar-refractivity contribution >= 4 is 49.9 Å². The Morgan fingerprint density at radius 2 is 1.97 bits per heavy atom. The number of aromatic nitrogens is 5. The minimum Gasteiger partial charge on any atom is -0.348 e. The fraction of sp³-hybridized carbons (Fsp3) is 0.333. The third kappa shape index (κ3) is 3.80. The largest absolute Gasteiger partial charge is 0.348 e. The molecule has 5 heterocycles. The number of thiazole rings is 2. The van der Waals surface area contributed by atoms with Gasteiger partial charge in [0.25, 0.3) is 5.56 Å². The minimum atomic E-state index is -0.118. The van der Waals surface area contributed by atoms with Crippen LogP contribution in [0.3, 0.4) is 0 Å². The molecular formula is C18H20ClN7OS2. The molecule has 0 aliphatic carbocycles. The van der Waals surface area contributed by atoms with Gasteiger partial charge in [0.1, 0.15) is 0 Å². The summed E-state index contributed by atoms with van der Waals surface area (Å²) in [5.74, 6) is 0. The molecule has 152 valence electrons. The highest BCUT2D eigenvalue weighted by Gasteiger charge is 2.22. The highest BCUT2D eigenvalue weighted by Crippen LogP contribution is 2.34. The van der Waals surface area contributed by atoms with Gasteiger partial charge in [0.15, 0.2) is 19.9 Å². The van der Waals surface area contributed by atoms with Crippen LogP contribution < -0.4 is 15.8 Å². The number of aromatic amines is 1. The van der Waals surface area contributed by atoms with Crippen LogP contribution in [0.2, 0.25) is 0 Å². The molecule has 0 saturated carbocycles. The molecule has 0 atom stereocenters. The van der Waals surface area contributed by atoms with Gasteiger partial charge in [-0.2, -0.15) is 5.10 Å². The molecule has 0 bridgehead atoms. The number of anilines is 1. The number of nitrogens with zero attached hydrogens (tertiary/aromatic N) is 5.